The molecule has 0 aliphatic heterocycles. The summed E-state index contributed by atoms with van der Waals surface area (Å²) in [6.07, 6.45) is 9.84. The van der Waals surface area contributed by atoms with Crippen LogP contribution in [0, 0.1) is 12.8 Å². The Balaban J connectivity index is 0.000000200. The molecule has 1 aliphatic rings. The molecular weight excluding hydrogens is 368 g/mol. The van der Waals surface area contributed by atoms with E-state index in [1.165, 1.54) is 12.0 Å². The third-order valence-electron chi connectivity index (χ3n) is 4.09. The number of hydrogen-bond acceptors (Lipinski definition) is 2. The molecular formula is C28H34O2. The zero-order valence-electron chi connectivity index (χ0n) is 18.6. The van der Waals surface area contributed by atoms with Crippen molar-refractivity contribution in [3.8, 4) is 11.5 Å². The molecule has 4 rings (SSSR count). The van der Waals surface area contributed by atoms with Crippen LogP contribution in [0.4, 0.5) is 0 Å². The van der Waals surface area contributed by atoms with Crippen LogP contribution < -0.4 is 9.47 Å². The summed E-state index contributed by atoms with van der Waals surface area (Å²) in [6.45, 7) is 4.31. The summed E-state index contributed by atoms with van der Waals surface area (Å²) in [5.74, 6) is 2.59. The molecule has 0 spiro atoms. The molecule has 1 atom stereocenters. The SMILES string of the molecule is CC1C=CC=CC1.COc1ccccc1.COc1ccccc1.Cc1ccccc1. The molecule has 0 N–H and O–H groups in total. The molecule has 3 aromatic carbocycles. The molecule has 2 nitrogen and oxygen atoms in total. The van der Waals surface area contributed by atoms with E-state index in [1.54, 1.807) is 14.2 Å². The molecule has 2 heteroatoms. The first-order valence-electron chi connectivity index (χ1n) is 10.2. The Bertz CT molecular complexity index is 770. The standard InChI is InChI=1S/2C7H8O.C7H10.C7H8/c2*1-8-7-5-3-2-4-6-7;2*1-7-5-3-2-4-6-7/h2*2-6H,1H3;2-5,7H,6H2,1H3;2-6H,1H3. The molecule has 0 saturated carbocycles. The Morgan fingerprint density at radius 2 is 1.07 bits per heavy atom. The van der Waals surface area contributed by atoms with Crippen molar-refractivity contribution in [3.05, 3.63) is 121 Å². The van der Waals surface area contributed by atoms with Gasteiger partial charge in [0.1, 0.15) is 11.5 Å². The fourth-order valence-corrected chi connectivity index (χ4v) is 2.35. The third kappa shape index (κ3) is 13.0. The van der Waals surface area contributed by atoms with Crippen molar-refractivity contribution in [1.29, 1.82) is 0 Å². The van der Waals surface area contributed by atoms with Gasteiger partial charge in [-0.05, 0) is 43.5 Å². The number of benzene rings is 3. The summed E-state index contributed by atoms with van der Waals surface area (Å²) in [7, 11) is 3.32. The average molecular weight is 403 g/mol. The lowest BCUT2D eigenvalue weighted by Crippen LogP contribution is -1.87. The van der Waals surface area contributed by atoms with Crippen molar-refractivity contribution >= 4 is 0 Å². The maximum Gasteiger partial charge on any atom is 0.118 e. The van der Waals surface area contributed by atoms with Crippen LogP contribution in [0.3, 0.4) is 0 Å². The van der Waals surface area contributed by atoms with Gasteiger partial charge in [-0.3, -0.25) is 0 Å². The smallest absolute Gasteiger partial charge is 0.118 e. The normalized spacial score (nSPS) is 13.3. The molecule has 1 unspecified atom stereocenters. The monoisotopic (exact) mass is 402 g/mol. The second-order valence-corrected chi connectivity index (χ2v) is 6.72. The molecule has 0 heterocycles. The number of hydrogen-bond donors (Lipinski definition) is 0. The van der Waals surface area contributed by atoms with Crippen molar-refractivity contribution in [3.63, 3.8) is 0 Å². The van der Waals surface area contributed by atoms with E-state index in [9.17, 15) is 0 Å². The fourth-order valence-electron chi connectivity index (χ4n) is 2.35. The van der Waals surface area contributed by atoms with E-state index in [4.69, 9.17) is 9.47 Å². The number of methoxy groups -OCH3 is 2. The minimum absolute atomic E-state index is 0.769. The second-order valence-electron chi connectivity index (χ2n) is 6.72. The maximum atomic E-state index is 4.91. The molecule has 0 fully saturated rings. The Morgan fingerprint density at radius 3 is 1.27 bits per heavy atom. The van der Waals surface area contributed by atoms with E-state index < -0.39 is 0 Å². The summed E-state index contributed by atoms with van der Waals surface area (Å²) < 4.78 is 9.83. The molecule has 0 aromatic heterocycles. The first-order valence-corrected chi connectivity index (χ1v) is 10.2. The van der Waals surface area contributed by atoms with E-state index in [2.05, 4.69) is 50.3 Å². The Hall–Kier alpha value is -3.26. The van der Waals surface area contributed by atoms with Crippen molar-refractivity contribution in [2.45, 2.75) is 20.3 Å². The van der Waals surface area contributed by atoms with Crippen LogP contribution >= 0.6 is 0 Å². The molecule has 1 aliphatic carbocycles. The molecule has 0 radical (unpaired) electrons. The number of para-hydroxylation sites is 2. The summed E-state index contributed by atoms with van der Waals surface area (Å²) in [4.78, 5) is 0. The lowest BCUT2D eigenvalue weighted by atomic mass is 10.0. The fraction of sp³-hybridized carbons (Fsp3) is 0.214. The van der Waals surface area contributed by atoms with Gasteiger partial charge in [0.05, 0.1) is 14.2 Å². The van der Waals surface area contributed by atoms with Crippen LogP contribution in [0.15, 0.2) is 115 Å². The highest BCUT2D eigenvalue weighted by Gasteiger charge is 1.93. The maximum absolute atomic E-state index is 4.91. The van der Waals surface area contributed by atoms with E-state index in [-0.39, 0.29) is 0 Å². The van der Waals surface area contributed by atoms with Gasteiger partial charge in [0.15, 0.2) is 0 Å². The molecule has 158 valence electrons. The van der Waals surface area contributed by atoms with Crippen LogP contribution in [0.1, 0.15) is 18.9 Å². The van der Waals surface area contributed by atoms with Gasteiger partial charge >= 0.3 is 0 Å². The Kier molecular flexibility index (Phi) is 13.8. The van der Waals surface area contributed by atoms with Gasteiger partial charge in [-0.2, -0.15) is 0 Å². The van der Waals surface area contributed by atoms with Crippen LogP contribution in [-0.4, -0.2) is 14.2 Å². The quantitative estimate of drug-likeness (QED) is 0.441. The van der Waals surface area contributed by atoms with Crippen molar-refractivity contribution in [2.24, 2.45) is 5.92 Å². The zero-order valence-corrected chi connectivity index (χ0v) is 18.6. The Labute approximate surface area is 182 Å². The average Bonchev–Trinajstić information content (AvgIpc) is 2.82. The largest absolute Gasteiger partial charge is 0.497 e. The highest BCUT2D eigenvalue weighted by atomic mass is 16.5. The highest BCUT2D eigenvalue weighted by Crippen LogP contribution is 2.08. The topological polar surface area (TPSA) is 18.5 Å². The summed E-state index contributed by atoms with van der Waals surface area (Å²) in [5.41, 5.74) is 1.32. The summed E-state index contributed by atoms with van der Waals surface area (Å²) in [6, 6.07) is 29.6. The minimum atomic E-state index is 0.769. The molecule has 0 bridgehead atoms. The number of ether oxygens (including phenoxy) is 2. The van der Waals surface area contributed by atoms with Crippen LogP contribution in [0.5, 0.6) is 11.5 Å². The summed E-state index contributed by atoms with van der Waals surface area (Å²) >= 11 is 0. The van der Waals surface area contributed by atoms with Crippen molar-refractivity contribution < 1.29 is 9.47 Å². The predicted molar refractivity (Wildman–Crippen MR) is 129 cm³/mol. The van der Waals surface area contributed by atoms with Gasteiger partial charge in [0, 0.05) is 0 Å². The van der Waals surface area contributed by atoms with Gasteiger partial charge in [-0.25, -0.2) is 0 Å². The van der Waals surface area contributed by atoms with Gasteiger partial charge in [0.2, 0.25) is 0 Å². The lowest BCUT2D eigenvalue weighted by Gasteiger charge is -2.02. The van der Waals surface area contributed by atoms with E-state index in [0.29, 0.717) is 0 Å². The number of aryl methyl sites for hydroxylation is 1. The minimum Gasteiger partial charge on any atom is -0.497 e. The third-order valence-corrected chi connectivity index (χ3v) is 4.09. The van der Waals surface area contributed by atoms with Crippen molar-refractivity contribution in [1.82, 2.24) is 0 Å². The van der Waals surface area contributed by atoms with Gasteiger partial charge in [0.25, 0.3) is 0 Å². The highest BCUT2D eigenvalue weighted by molar-refractivity contribution is 5.21. The first-order chi connectivity index (χ1) is 14.7. The molecule has 30 heavy (non-hydrogen) atoms. The van der Waals surface area contributed by atoms with Crippen molar-refractivity contribution in [2.75, 3.05) is 14.2 Å². The van der Waals surface area contributed by atoms with E-state index in [0.717, 1.165) is 17.4 Å². The first kappa shape index (κ1) is 24.8. The van der Waals surface area contributed by atoms with E-state index >= 15 is 0 Å². The number of allylic oxidation sites excluding steroid dienone is 4. The van der Waals surface area contributed by atoms with Crippen LogP contribution in [0.25, 0.3) is 0 Å². The molecule has 0 saturated heterocycles. The van der Waals surface area contributed by atoms with Gasteiger partial charge < -0.3 is 9.47 Å². The zero-order chi connectivity index (χ0) is 21.9. The van der Waals surface area contributed by atoms with Crippen LogP contribution in [-0.2, 0) is 0 Å². The van der Waals surface area contributed by atoms with Gasteiger partial charge in [-0.1, -0.05) is 104 Å². The lowest BCUT2D eigenvalue weighted by molar-refractivity contribution is 0.414. The van der Waals surface area contributed by atoms with E-state index in [1.807, 2.05) is 78.9 Å². The van der Waals surface area contributed by atoms with Gasteiger partial charge in [-0.15, -0.1) is 0 Å². The second kappa shape index (κ2) is 16.7. The predicted octanol–water partition coefficient (Wildman–Crippen LogP) is 7.52. The number of rotatable bonds is 2. The Morgan fingerprint density at radius 1 is 0.633 bits per heavy atom. The molecule has 0 amide bonds. The molecule has 3 aromatic rings. The van der Waals surface area contributed by atoms with Crippen LogP contribution in [0.2, 0.25) is 0 Å². The summed E-state index contributed by atoms with van der Waals surface area (Å²) in [5, 5.41) is 0.